The molecule has 0 aliphatic heterocycles. The Labute approximate surface area is 110 Å². The summed E-state index contributed by atoms with van der Waals surface area (Å²) in [6, 6.07) is 0.724. The van der Waals surface area contributed by atoms with Gasteiger partial charge < -0.3 is 5.32 Å². The summed E-state index contributed by atoms with van der Waals surface area (Å²) in [6.45, 7) is 1.87. The van der Waals surface area contributed by atoms with Crippen LogP contribution in [0.4, 0.5) is 19.0 Å². The Balaban J connectivity index is 2.15. The number of nitrogens with zero attached hydrogens (tertiary/aromatic N) is 2. The van der Waals surface area contributed by atoms with Gasteiger partial charge in [-0.25, -0.2) is 0 Å². The molecule has 9 heteroatoms. The van der Waals surface area contributed by atoms with E-state index >= 15 is 0 Å². The van der Waals surface area contributed by atoms with E-state index in [1.165, 1.54) is 0 Å². The Kier molecular flexibility index (Phi) is 3.56. The molecule has 1 amide bonds. The molecule has 0 fully saturated rings. The van der Waals surface area contributed by atoms with Gasteiger partial charge in [-0.3, -0.25) is 9.89 Å². The van der Waals surface area contributed by atoms with Crippen LogP contribution in [-0.2, 0) is 12.6 Å². The molecule has 0 saturated heterocycles. The third-order valence-corrected chi connectivity index (χ3v) is 3.15. The number of anilines is 1. The van der Waals surface area contributed by atoms with E-state index in [1.807, 2.05) is 6.92 Å². The molecule has 0 aromatic carbocycles. The monoisotopic (exact) mass is 290 g/mol. The fraction of sp³-hybridized carbons (Fsp3) is 0.300. The molecule has 2 N–H and O–H groups in total. The molecule has 0 spiro atoms. The second kappa shape index (κ2) is 5.00. The lowest BCUT2D eigenvalue weighted by atomic mass is 10.2. The number of alkyl halides is 3. The number of amides is 1. The van der Waals surface area contributed by atoms with Gasteiger partial charge in [0.05, 0.1) is 6.20 Å². The van der Waals surface area contributed by atoms with Crippen molar-refractivity contribution in [2.24, 2.45) is 0 Å². The zero-order chi connectivity index (χ0) is 14.0. The Hall–Kier alpha value is -1.90. The number of hydrogen-bond donors (Lipinski definition) is 2. The van der Waals surface area contributed by atoms with Gasteiger partial charge in [0.1, 0.15) is 10.7 Å². The quantitative estimate of drug-likeness (QED) is 0.913. The smallest absolute Gasteiger partial charge is 0.306 e. The number of H-pyrrole nitrogens is 1. The van der Waals surface area contributed by atoms with E-state index in [2.05, 4.69) is 19.9 Å². The average molecular weight is 290 g/mol. The first-order chi connectivity index (χ1) is 8.91. The molecule has 2 rings (SSSR count). The van der Waals surface area contributed by atoms with E-state index in [-0.39, 0.29) is 4.88 Å². The molecule has 0 unspecified atom stereocenters. The summed E-state index contributed by atoms with van der Waals surface area (Å²) in [7, 11) is 0. The molecule has 19 heavy (non-hydrogen) atoms. The SMILES string of the molecule is CCc1cn[nH]c1NC(=O)c1cc(C(F)(F)F)ns1. The van der Waals surface area contributed by atoms with E-state index in [9.17, 15) is 18.0 Å². The molecular weight excluding hydrogens is 281 g/mol. The highest BCUT2D eigenvalue weighted by atomic mass is 32.1. The van der Waals surface area contributed by atoms with Crippen molar-refractivity contribution in [1.29, 1.82) is 0 Å². The first kappa shape index (κ1) is 13.5. The zero-order valence-electron chi connectivity index (χ0n) is 9.71. The van der Waals surface area contributed by atoms with Gasteiger partial charge in [0.25, 0.3) is 5.91 Å². The van der Waals surface area contributed by atoms with Gasteiger partial charge in [0.2, 0.25) is 0 Å². The number of aromatic amines is 1. The van der Waals surface area contributed by atoms with Crippen LogP contribution in [0.15, 0.2) is 12.3 Å². The minimum Gasteiger partial charge on any atom is -0.306 e. The topological polar surface area (TPSA) is 70.7 Å². The molecule has 5 nitrogen and oxygen atoms in total. The standard InChI is InChI=1S/C10H9F3N4OS/c1-2-5-4-14-16-8(5)15-9(18)6-3-7(17-19-6)10(11,12)13/h3-4H,2H2,1H3,(H2,14,15,16,18). The number of aromatic nitrogens is 3. The molecule has 2 heterocycles. The number of hydrogen-bond acceptors (Lipinski definition) is 4. The van der Waals surface area contributed by atoms with Crippen LogP contribution in [0.5, 0.6) is 0 Å². The summed E-state index contributed by atoms with van der Waals surface area (Å²) < 4.78 is 40.3. The summed E-state index contributed by atoms with van der Waals surface area (Å²) in [5.41, 5.74) is -0.295. The molecule has 102 valence electrons. The molecule has 0 atom stereocenters. The maximum Gasteiger partial charge on any atom is 0.434 e. The first-order valence-electron chi connectivity index (χ1n) is 5.29. The Morgan fingerprint density at radius 1 is 1.53 bits per heavy atom. The molecule has 0 saturated carbocycles. The van der Waals surface area contributed by atoms with Crippen LogP contribution in [0.3, 0.4) is 0 Å². The second-order valence-electron chi connectivity index (χ2n) is 3.65. The Morgan fingerprint density at radius 2 is 2.26 bits per heavy atom. The van der Waals surface area contributed by atoms with E-state index in [1.54, 1.807) is 6.20 Å². The van der Waals surface area contributed by atoms with Crippen LogP contribution < -0.4 is 5.32 Å². The highest BCUT2D eigenvalue weighted by Crippen LogP contribution is 2.30. The summed E-state index contributed by atoms with van der Waals surface area (Å²) in [4.78, 5) is 11.7. The van der Waals surface area contributed by atoms with Crippen molar-refractivity contribution in [2.75, 3.05) is 5.32 Å². The Bertz CT molecular complexity index is 590. The summed E-state index contributed by atoms with van der Waals surface area (Å²) in [5, 5.41) is 8.80. The minimum absolute atomic E-state index is 0.107. The first-order valence-corrected chi connectivity index (χ1v) is 6.06. The largest absolute Gasteiger partial charge is 0.434 e. The van der Waals surface area contributed by atoms with Gasteiger partial charge in [-0.05, 0) is 24.0 Å². The van der Waals surface area contributed by atoms with E-state index < -0.39 is 17.8 Å². The predicted octanol–water partition coefficient (Wildman–Crippen LogP) is 2.70. The lowest BCUT2D eigenvalue weighted by Gasteiger charge is -2.02. The third kappa shape index (κ3) is 2.92. The van der Waals surface area contributed by atoms with Crippen LogP contribution in [0.1, 0.15) is 27.9 Å². The molecule has 0 aliphatic carbocycles. The lowest BCUT2D eigenvalue weighted by molar-refractivity contribution is -0.140. The van der Waals surface area contributed by atoms with Crippen molar-refractivity contribution in [3.8, 4) is 0 Å². The lowest BCUT2D eigenvalue weighted by Crippen LogP contribution is -2.12. The highest BCUT2D eigenvalue weighted by Gasteiger charge is 2.34. The number of aryl methyl sites for hydroxylation is 1. The number of rotatable bonds is 3. The predicted molar refractivity (Wildman–Crippen MR) is 63.0 cm³/mol. The molecule has 0 aliphatic rings. The van der Waals surface area contributed by atoms with Gasteiger partial charge >= 0.3 is 6.18 Å². The van der Waals surface area contributed by atoms with Crippen LogP contribution in [0.25, 0.3) is 0 Å². The number of nitrogens with one attached hydrogen (secondary N) is 2. The van der Waals surface area contributed by atoms with Crippen LogP contribution in [0, 0.1) is 0 Å². The maximum atomic E-state index is 12.4. The maximum absolute atomic E-state index is 12.4. The number of halogens is 3. The summed E-state index contributed by atoms with van der Waals surface area (Å²) in [6.07, 6.45) is -2.36. The fourth-order valence-corrected chi connectivity index (χ4v) is 2.03. The van der Waals surface area contributed by atoms with Crippen molar-refractivity contribution in [1.82, 2.24) is 14.6 Å². The van der Waals surface area contributed by atoms with Crippen LogP contribution in [-0.4, -0.2) is 20.5 Å². The normalized spacial score (nSPS) is 11.6. The highest BCUT2D eigenvalue weighted by molar-refractivity contribution is 7.08. The van der Waals surface area contributed by atoms with Gasteiger partial charge in [-0.15, -0.1) is 0 Å². The second-order valence-corrected chi connectivity index (χ2v) is 4.46. The Morgan fingerprint density at radius 3 is 2.84 bits per heavy atom. The minimum atomic E-state index is -4.54. The third-order valence-electron chi connectivity index (χ3n) is 2.36. The summed E-state index contributed by atoms with van der Waals surface area (Å²) >= 11 is 0.503. The number of carbonyl (C=O) groups is 1. The summed E-state index contributed by atoms with van der Waals surface area (Å²) in [5.74, 6) is -0.263. The van der Waals surface area contributed by atoms with E-state index in [0.717, 1.165) is 11.6 Å². The van der Waals surface area contributed by atoms with Gasteiger partial charge in [-0.2, -0.15) is 22.6 Å². The number of carbonyl (C=O) groups excluding carboxylic acids is 1. The molecule has 2 aromatic rings. The van der Waals surface area contributed by atoms with E-state index in [0.29, 0.717) is 23.8 Å². The fourth-order valence-electron chi connectivity index (χ4n) is 1.38. The van der Waals surface area contributed by atoms with Crippen molar-refractivity contribution in [2.45, 2.75) is 19.5 Å². The molecule has 0 radical (unpaired) electrons. The zero-order valence-corrected chi connectivity index (χ0v) is 10.5. The van der Waals surface area contributed by atoms with Gasteiger partial charge in [0, 0.05) is 5.56 Å². The molecule has 2 aromatic heterocycles. The molecule has 0 bridgehead atoms. The average Bonchev–Trinajstić information content (AvgIpc) is 2.95. The van der Waals surface area contributed by atoms with Gasteiger partial charge in [-0.1, -0.05) is 6.92 Å². The van der Waals surface area contributed by atoms with Crippen molar-refractivity contribution >= 4 is 23.3 Å². The van der Waals surface area contributed by atoms with Crippen LogP contribution in [0.2, 0.25) is 0 Å². The van der Waals surface area contributed by atoms with E-state index in [4.69, 9.17) is 0 Å². The van der Waals surface area contributed by atoms with Gasteiger partial charge in [0.15, 0.2) is 5.69 Å². The molecular formula is C10H9F3N4OS. The van der Waals surface area contributed by atoms with Crippen molar-refractivity contribution in [3.63, 3.8) is 0 Å². The van der Waals surface area contributed by atoms with Crippen molar-refractivity contribution < 1.29 is 18.0 Å². The van der Waals surface area contributed by atoms with Crippen molar-refractivity contribution in [3.05, 3.63) is 28.4 Å². The van der Waals surface area contributed by atoms with Crippen LogP contribution >= 0.6 is 11.5 Å².